The van der Waals surface area contributed by atoms with Crippen LogP contribution in [0.5, 0.6) is 0 Å². The van der Waals surface area contributed by atoms with Gasteiger partial charge in [0.15, 0.2) is 0 Å². The van der Waals surface area contributed by atoms with Gasteiger partial charge in [-0.3, -0.25) is 14.6 Å². The highest BCUT2D eigenvalue weighted by atomic mass is 16.5. The van der Waals surface area contributed by atoms with Gasteiger partial charge in [-0.25, -0.2) is 0 Å². The Hall–Kier alpha value is -2.42. The van der Waals surface area contributed by atoms with E-state index in [4.69, 9.17) is 9.47 Å². The summed E-state index contributed by atoms with van der Waals surface area (Å²) in [6.07, 6.45) is 2.62. The summed E-state index contributed by atoms with van der Waals surface area (Å²) in [7, 11) is 0. The molecule has 0 atom stereocenters. The Balaban J connectivity index is 2.99. The molecule has 0 saturated carbocycles. The van der Waals surface area contributed by atoms with Crippen LogP contribution in [0.3, 0.4) is 0 Å². The van der Waals surface area contributed by atoms with Crippen LogP contribution in [0.25, 0.3) is 0 Å². The normalized spacial score (nSPS) is 11.2. The molecule has 1 aromatic heterocycles. The third kappa shape index (κ3) is 6.92. The zero-order chi connectivity index (χ0) is 18.9. The number of nitrogens with zero attached hydrogens (tertiary/aromatic N) is 2. The Morgan fingerprint density at radius 1 is 1.12 bits per heavy atom. The number of ether oxygens (including phenoxy) is 2. The molecule has 6 nitrogen and oxygen atoms in total. The summed E-state index contributed by atoms with van der Waals surface area (Å²) in [6.45, 7) is 8.24. The van der Waals surface area contributed by atoms with Gasteiger partial charge in [-0.2, -0.15) is 5.26 Å². The maximum Gasteiger partial charge on any atom is 0.307 e. The fourth-order valence-corrected chi connectivity index (χ4v) is 2.17. The maximum absolute atomic E-state index is 12.2. The monoisotopic (exact) mass is 346 g/mol. The topological polar surface area (TPSA) is 89.3 Å². The first-order chi connectivity index (χ1) is 11.8. The van der Waals surface area contributed by atoms with Gasteiger partial charge in [0.25, 0.3) is 0 Å². The SMILES string of the molecule is CC(C)COC(=O)CC(C#N)(CC(=O)OCC(C)C)c1cccnc1. The number of nitriles is 1. The third-order valence-electron chi connectivity index (χ3n) is 3.48. The van der Waals surface area contributed by atoms with E-state index >= 15 is 0 Å². The number of hydrogen-bond donors (Lipinski definition) is 0. The molecule has 0 aromatic carbocycles. The van der Waals surface area contributed by atoms with Crippen LogP contribution < -0.4 is 0 Å². The van der Waals surface area contributed by atoms with Crippen molar-refractivity contribution in [3.05, 3.63) is 30.1 Å². The van der Waals surface area contributed by atoms with E-state index in [1.165, 1.54) is 6.20 Å². The molecule has 136 valence electrons. The molecule has 0 saturated heterocycles. The van der Waals surface area contributed by atoms with Crippen molar-refractivity contribution in [1.29, 1.82) is 5.26 Å². The number of hydrogen-bond acceptors (Lipinski definition) is 6. The summed E-state index contributed by atoms with van der Waals surface area (Å²) in [5.41, 5.74) is -0.850. The van der Waals surface area contributed by atoms with Gasteiger partial charge in [0.1, 0.15) is 5.41 Å². The van der Waals surface area contributed by atoms with E-state index in [9.17, 15) is 14.9 Å². The first kappa shape index (κ1) is 20.6. The number of pyridine rings is 1. The Morgan fingerprint density at radius 2 is 1.64 bits per heavy atom. The Morgan fingerprint density at radius 3 is 2.00 bits per heavy atom. The first-order valence-corrected chi connectivity index (χ1v) is 8.42. The minimum Gasteiger partial charge on any atom is -0.465 e. The van der Waals surface area contributed by atoms with E-state index in [1.807, 2.05) is 27.7 Å². The smallest absolute Gasteiger partial charge is 0.307 e. The molecule has 0 aliphatic carbocycles. The third-order valence-corrected chi connectivity index (χ3v) is 3.48. The van der Waals surface area contributed by atoms with E-state index < -0.39 is 17.4 Å². The summed E-state index contributed by atoms with van der Waals surface area (Å²) in [4.78, 5) is 28.4. The van der Waals surface area contributed by atoms with Gasteiger partial charge in [-0.15, -0.1) is 0 Å². The highest BCUT2D eigenvalue weighted by Gasteiger charge is 2.39. The standard InChI is InChI=1S/C19H26N2O4/c1-14(2)11-24-17(22)8-19(13-20,16-6-5-7-21-10-16)9-18(23)25-12-15(3)4/h5-7,10,14-15H,8-9,11-12H2,1-4H3. The summed E-state index contributed by atoms with van der Waals surface area (Å²) < 4.78 is 10.4. The molecule has 1 rings (SSSR count). The molecule has 0 radical (unpaired) electrons. The quantitative estimate of drug-likeness (QED) is 0.639. The van der Waals surface area contributed by atoms with Gasteiger partial charge in [-0.05, 0) is 23.5 Å². The number of carbonyl (C=O) groups is 2. The summed E-state index contributed by atoms with van der Waals surface area (Å²) >= 11 is 0. The lowest BCUT2D eigenvalue weighted by molar-refractivity contribution is -0.148. The number of rotatable bonds is 9. The molecular weight excluding hydrogens is 320 g/mol. The average Bonchev–Trinajstić information content (AvgIpc) is 2.58. The van der Waals surface area contributed by atoms with E-state index in [-0.39, 0.29) is 37.9 Å². The first-order valence-electron chi connectivity index (χ1n) is 8.42. The second-order valence-electron chi connectivity index (χ2n) is 6.94. The van der Waals surface area contributed by atoms with Crippen LogP contribution in [0.1, 0.15) is 46.1 Å². The zero-order valence-electron chi connectivity index (χ0n) is 15.3. The van der Waals surface area contributed by atoms with Crippen molar-refractivity contribution < 1.29 is 19.1 Å². The molecule has 0 fully saturated rings. The van der Waals surface area contributed by atoms with E-state index in [1.54, 1.807) is 18.3 Å². The Labute approximate surface area is 149 Å². The molecule has 6 heteroatoms. The van der Waals surface area contributed by atoms with E-state index in [2.05, 4.69) is 11.1 Å². The predicted octanol–water partition coefficient (Wildman–Crippen LogP) is 3.02. The van der Waals surface area contributed by atoms with Crippen molar-refractivity contribution in [3.8, 4) is 6.07 Å². The van der Waals surface area contributed by atoms with Gasteiger partial charge < -0.3 is 9.47 Å². The van der Waals surface area contributed by atoms with Crippen LogP contribution in [0.15, 0.2) is 24.5 Å². The van der Waals surface area contributed by atoms with Gasteiger partial charge in [-0.1, -0.05) is 33.8 Å². The van der Waals surface area contributed by atoms with Crippen LogP contribution in [-0.4, -0.2) is 30.1 Å². The fraction of sp³-hybridized carbons (Fsp3) is 0.579. The average molecular weight is 346 g/mol. The van der Waals surface area contributed by atoms with Crippen LogP contribution in [-0.2, 0) is 24.5 Å². The summed E-state index contributed by atoms with van der Waals surface area (Å²) in [6, 6.07) is 5.48. The molecule has 0 aliphatic rings. The largest absolute Gasteiger partial charge is 0.465 e. The van der Waals surface area contributed by atoms with Crippen molar-refractivity contribution >= 4 is 11.9 Å². The molecular formula is C19H26N2O4. The molecule has 0 spiro atoms. The van der Waals surface area contributed by atoms with Crippen molar-refractivity contribution in [2.75, 3.05) is 13.2 Å². The van der Waals surface area contributed by atoms with E-state index in [0.29, 0.717) is 5.56 Å². The van der Waals surface area contributed by atoms with Crippen LogP contribution in [0.4, 0.5) is 0 Å². The molecule has 0 aliphatic heterocycles. The second kappa shape index (κ2) is 9.77. The number of aromatic nitrogens is 1. The maximum atomic E-state index is 12.2. The predicted molar refractivity (Wildman–Crippen MR) is 92.4 cm³/mol. The second-order valence-corrected chi connectivity index (χ2v) is 6.94. The van der Waals surface area contributed by atoms with Gasteiger partial charge >= 0.3 is 11.9 Å². The van der Waals surface area contributed by atoms with Crippen molar-refractivity contribution in [3.63, 3.8) is 0 Å². The van der Waals surface area contributed by atoms with E-state index in [0.717, 1.165) is 0 Å². The highest BCUT2D eigenvalue weighted by Crippen LogP contribution is 2.32. The molecule has 0 bridgehead atoms. The summed E-state index contributed by atoms with van der Waals surface area (Å²) in [5.74, 6) is -0.656. The lowest BCUT2D eigenvalue weighted by Crippen LogP contribution is -2.33. The fourth-order valence-electron chi connectivity index (χ4n) is 2.17. The lowest BCUT2D eigenvalue weighted by atomic mass is 9.77. The number of carbonyl (C=O) groups excluding carboxylic acids is 2. The minimum absolute atomic E-state index is 0.190. The molecule has 0 amide bonds. The van der Waals surface area contributed by atoms with Crippen molar-refractivity contribution in [2.24, 2.45) is 11.8 Å². The summed E-state index contributed by atoms with van der Waals surface area (Å²) in [5, 5.41) is 9.79. The van der Waals surface area contributed by atoms with Crippen molar-refractivity contribution in [1.82, 2.24) is 4.98 Å². The van der Waals surface area contributed by atoms with Gasteiger partial charge in [0.2, 0.25) is 0 Å². The Bertz CT molecular complexity index is 580. The molecule has 25 heavy (non-hydrogen) atoms. The van der Waals surface area contributed by atoms with Gasteiger partial charge in [0, 0.05) is 12.4 Å². The Kier molecular flexibility index (Phi) is 8.06. The lowest BCUT2D eigenvalue weighted by Gasteiger charge is -2.25. The van der Waals surface area contributed by atoms with Gasteiger partial charge in [0.05, 0.1) is 32.1 Å². The highest BCUT2D eigenvalue weighted by molar-refractivity contribution is 5.77. The van der Waals surface area contributed by atoms with Crippen LogP contribution in [0, 0.1) is 23.2 Å². The minimum atomic E-state index is -1.35. The van der Waals surface area contributed by atoms with Crippen LogP contribution in [0.2, 0.25) is 0 Å². The number of esters is 2. The molecule has 1 aromatic rings. The molecule has 0 unspecified atom stereocenters. The zero-order valence-corrected chi connectivity index (χ0v) is 15.3. The van der Waals surface area contributed by atoms with Crippen LogP contribution >= 0.6 is 0 Å². The molecule has 1 heterocycles. The molecule has 0 N–H and O–H groups in total. The van der Waals surface area contributed by atoms with Crippen molar-refractivity contribution in [2.45, 2.75) is 46.0 Å².